The molecule has 0 saturated heterocycles. The second-order valence-electron chi connectivity index (χ2n) is 5.24. The van der Waals surface area contributed by atoms with Crippen LogP contribution >= 0.6 is 23.2 Å². The molecular formula is C18H18Cl2O4. The molecule has 0 amide bonds. The molecule has 1 aromatic rings. The van der Waals surface area contributed by atoms with Crippen LogP contribution in [0.2, 0.25) is 10.0 Å². The second-order valence-corrected chi connectivity index (χ2v) is 6.00. The van der Waals surface area contributed by atoms with Gasteiger partial charge in [0.2, 0.25) is 0 Å². The molecule has 0 aliphatic carbocycles. The summed E-state index contributed by atoms with van der Waals surface area (Å²) in [5.74, 6) is -1.50. The summed E-state index contributed by atoms with van der Waals surface area (Å²) in [6, 6.07) is 1.09. The molecule has 128 valence electrons. The number of hydrogen-bond acceptors (Lipinski definition) is 3. The molecule has 0 bridgehead atoms. The van der Waals surface area contributed by atoms with E-state index in [0.29, 0.717) is 16.7 Å². The van der Waals surface area contributed by atoms with Gasteiger partial charge in [-0.1, -0.05) is 53.1 Å². The van der Waals surface area contributed by atoms with Gasteiger partial charge in [0, 0.05) is 17.7 Å². The van der Waals surface area contributed by atoms with Gasteiger partial charge < -0.3 is 15.3 Å². The molecule has 0 heterocycles. The monoisotopic (exact) mass is 368 g/mol. The molecule has 0 aliphatic heterocycles. The highest BCUT2D eigenvalue weighted by Gasteiger charge is 2.15. The molecule has 0 saturated carbocycles. The molecule has 0 unspecified atom stereocenters. The maximum absolute atomic E-state index is 10.6. The van der Waals surface area contributed by atoms with Crippen molar-refractivity contribution in [2.45, 2.75) is 20.8 Å². The van der Waals surface area contributed by atoms with Crippen LogP contribution in [0, 0.1) is 0 Å². The van der Waals surface area contributed by atoms with Crippen molar-refractivity contribution in [3.63, 3.8) is 0 Å². The molecule has 0 aromatic heterocycles. The summed E-state index contributed by atoms with van der Waals surface area (Å²) < 4.78 is 0. The van der Waals surface area contributed by atoms with E-state index in [2.05, 4.69) is 0 Å². The molecule has 1 rings (SSSR count). The Morgan fingerprint density at radius 1 is 1.00 bits per heavy atom. The summed E-state index contributed by atoms with van der Waals surface area (Å²) in [6.45, 7) is 5.27. The van der Waals surface area contributed by atoms with Crippen molar-refractivity contribution in [3.8, 4) is 11.5 Å². The number of phenols is 2. The summed E-state index contributed by atoms with van der Waals surface area (Å²) in [5.41, 5.74) is 2.47. The molecule has 0 atom stereocenters. The zero-order valence-corrected chi connectivity index (χ0v) is 15.0. The largest absolute Gasteiger partial charge is 0.506 e. The lowest BCUT2D eigenvalue weighted by Gasteiger charge is -2.10. The smallest absolute Gasteiger partial charge is 0.328 e. The van der Waals surface area contributed by atoms with Crippen molar-refractivity contribution in [1.29, 1.82) is 0 Å². The van der Waals surface area contributed by atoms with Crippen molar-refractivity contribution in [2.24, 2.45) is 0 Å². The molecule has 0 spiro atoms. The predicted octanol–water partition coefficient (Wildman–Crippen LogP) is 5.34. The van der Waals surface area contributed by atoms with Crippen molar-refractivity contribution < 1.29 is 20.1 Å². The highest BCUT2D eigenvalue weighted by atomic mass is 35.5. The lowest BCUT2D eigenvalue weighted by atomic mass is 10.1. The van der Waals surface area contributed by atoms with Gasteiger partial charge in [0.05, 0.1) is 10.0 Å². The van der Waals surface area contributed by atoms with Crippen LogP contribution in [0.5, 0.6) is 11.5 Å². The highest BCUT2D eigenvalue weighted by molar-refractivity contribution is 6.39. The number of halogens is 2. The van der Waals surface area contributed by atoms with Crippen LogP contribution in [-0.4, -0.2) is 21.3 Å². The quantitative estimate of drug-likeness (QED) is 0.484. The molecule has 0 radical (unpaired) electrons. The fraction of sp³-hybridized carbons (Fsp3) is 0.167. The van der Waals surface area contributed by atoms with Crippen LogP contribution in [-0.2, 0) is 4.79 Å². The third kappa shape index (κ3) is 5.48. The number of benzene rings is 1. The minimum atomic E-state index is -0.996. The van der Waals surface area contributed by atoms with E-state index in [0.717, 1.165) is 17.7 Å². The third-order valence-corrected chi connectivity index (χ3v) is 3.83. The summed E-state index contributed by atoms with van der Waals surface area (Å²) in [6.07, 6.45) is 8.09. The fourth-order valence-electron chi connectivity index (χ4n) is 2.03. The first-order chi connectivity index (χ1) is 11.1. The Bertz CT molecular complexity index is 745. The first-order valence-corrected chi connectivity index (χ1v) is 7.73. The number of aromatic hydroxyl groups is 2. The van der Waals surface area contributed by atoms with Gasteiger partial charge in [0.15, 0.2) is 0 Å². The van der Waals surface area contributed by atoms with Crippen LogP contribution < -0.4 is 0 Å². The topological polar surface area (TPSA) is 77.8 Å². The third-order valence-electron chi connectivity index (χ3n) is 3.07. The number of carboxylic acid groups (broad SMARTS) is 1. The second kappa shape index (κ2) is 8.62. The average molecular weight is 369 g/mol. The lowest BCUT2D eigenvalue weighted by molar-refractivity contribution is -0.131. The van der Waals surface area contributed by atoms with Gasteiger partial charge in [-0.25, -0.2) is 4.79 Å². The Morgan fingerprint density at radius 2 is 1.54 bits per heavy atom. The minimum absolute atomic E-state index is 0.0625. The van der Waals surface area contributed by atoms with Crippen LogP contribution in [0.4, 0.5) is 0 Å². The van der Waals surface area contributed by atoms with Crippen LogP contribution in [0.15, 0.2) is 47.6 Å². The molecular weight excluding hydrogens is 351 g/mol. The summed E-state index contributed by atoms with van der Waals surface area (Å²) in [5, 5.41) is 28.2. The molecule has 24 heavy (non-hydrogen) atoms. The summed E-state index contributed by atoms with van der Waals surface area (Å²) in [4.78, 5) is 10.6. The van der Waals surface area contributed by atoms with E-state index in [9.17, 15) is 15.0 Å². The Balaban J connectivity index is 3.08. The Labute approximate surface area is 150 Å². The number of phenolic OH excluding ortho intramolecular Hbond substituents is 2. The maximum Gasteiger partial charge on any atom is 0.328 e. The normalized spacial score (nSPS) is 13.6. The van der Waals surface area contributed by atoms with Gasteiger partial charge in [-0.2, -0.15) is 0 Å². The van der Waals surface area contributed by atoms with E-state index < -0.39 is 5.97 Å². The van der Waals surface area contributed by atoms with E-state index in [4.69, 9.17) is 28.3 Å². The van der Waals surface area contributed by atoms with Gasteiger partial charge in [-0.15, -0.1) is 0 Å². The zero-order valence-electron chi connectivity index (χ0n) is 13.5. The first-order valence-electron chi connectivity index (χ1n) is 6.98. The van der Waals surface area contributed by atoms with E-state index in [1.807, 2.05) is 6.92 Å². The predicted molar refractivity (Wildman–Crippen MR) is 97.7 cm³/mol. The SMILES string of the molecule is CC(=CC(=O)O)C=C(C)C=CC=C(C)c1c(Cl)c(O)cc(O)c1Cl. The number of hydrogen-bond donors (Lipinski definition) is 3. The van der Waals surface area contributed by atoms with Crippen molar-refractivity contribution in [1.82, 2.24) is 0 Å². The molecule has 6 heteroatoms. The Hall–Kier alpha value is -2.17. The number of aliphatic carboxylic acids is 1. The van der Waals surface area contributed by atoms with Crippen molar-refractivity contribution in [2.75, 3.05) is 0 Å². The lowest BCUT2D eigenvalue weighted by Crippen LogP contribution is -1.88. The maximum atomic E-state index is 10.6. The summed E-state index contributed by atoms with van der Waals surface area (Å²) >= 11 is 12.1. The van der Waals surface area contributed by atoms with Crippen LogP contribution in [0.1, 0.15) is 26.3 Å². The molecule has 3 N–H and O–H groups in total. The number of carbonyl (C=O) groups is 1. The van der Waals surface area contributed by atoms with Gasteiger partial charge in [0.25, 0.3) is 0 Å². The van der Waals surface area contributed by atoms with Crippen molar-refractivity contribution in [3.05, 3.63) is 63.2 Å². The van der Waals surface area contributed by atoms with E-state index in [1.165, 1.54) is 0 Å². The van der Waals surface area contributed by atoms with Crippen LogP contribution in [0.3, 0.4) is 0 Å². The van der Waals surface area contributed by atoms with E-state index in [-0.39, 0.29) is 21.5 Å². The molecule has 4 nitrogen and oxygen atoms in total. The van der Waals surface area contributed by atoms with Gasteiger partial charge in [0.1, 0.15) is 11.5 Å². The zero-order chi connectivity index (χ0) is 18.4. The van der Waals surface area contributed by atoms with Crippen molar-refractivity contribution >= 4 is 34.7 Å². The number of rotatable bonds is 5. The molecule has 0 fully saturated rings. The fourth-order valence-corrected chi connectivity index (χ4v) is 2.67. The highest BCUT2D eigenvalue weighted by Crippen LogP contribution is 2.42. The summed E-state index contributed by atoms with van der Waals surface area (Å²) in [7, 11) is 0. The molecule has 0 aliphatic rings. The standard InChI is InChI=1S/C18H18Cl2O4/c1-10(7-11(2)8-15(23)24)5-4-6-12(3)16-17(19)13(21)9-14(22)18(16)20/h4-9,21-22H,1-3H3,(H,23,24). The molecule has 1 aromatic carbocycles. The van der Waals surface area contributed by atoms with E-state index >= 15 is 0 Å². The Morgan fingerprint density at radius 3 is 2.04 bits per heavy atom. The van der Waals surface area contributed by atoms with Crippen LogP contribution in [0.25, 0.3) is 5.57 Å². The van der Waals surface area contributed by atoms with Gasteiger partial charge in [-0.05, 0) is 31.9 Å². The first kappa shape index (κ1) is 19.9. The van der Waals surface area contributed by atoms with Gasteiger partial charge in [-0.3, -0.25) is 0 Å². The van der Waals surface area contributed by atoms with Gasteiger partial charge >= 0.3 is 5.97 Å². The van der Waals surface area contributed by atoms with E-state index in [1.54, 1.807) is 38.2 Å². The average Bonchev–Trinajstić information content (AvgIpc) is 2.44. The Kier molecular flexibility index (Phi) is 7.14. The number of carboxylic acids is 1. The number of allylic oxidation sites excluding steroid dienone is 7. The minimum Gasteiger partial charge on any atom is -0.506 e.